The van der Waals surface area contributed by atoms with Gasteiger partial charge in [-0.25, -0.2) is 8.78 Å². The Kier molecular flexibility index (Phi) is 5.50. The monoisotopic (exact) mass is 307 g/mol. The average molecular weight is 308 g/mol. The molecule has 0 aromatic heterocycles. The number of halogens is 3. The number of rotatable bonds is 5. The Balaban J connectivity index is 2.40. The molecule has 1 rings (SSSR count). The lowest BCUT2D eigenvalue weighted by Crippen LogP contribution is -2.36. The fraction of sp³-hybridized carbons (Fsp3) is 0.364. The summed E-state index contributed by atoms with van der Waals surface area (Å²) in [5.41, 5.74) is 0.767. The Morgan fingerprint density at radius 2 is 2.18 bits per heavy atom. The molecule has 0 saturated heterocycles. The van der Waals surface area contributed by atoms with Crippen LogP contribution >= 0.6 is 15.9 Å². The topological polar surface area (TPSA) is 49.3 Å². The van der Waals surface area contributed by atoms with Gasteiger partial charge in [0.2, 0.25) is 5.91 Å². The molecule has 1 aromatic carbocycles. The largest absolute Gasteiger partial charge is 0.385 e. The van der Waals surface area contributed by atoms with Crippen LogP contribution in [0.25, 0.3) is 0 Å². The van der Waals surface area contributed by atoms with E-state index in [-0.39, 0.29) is 6.42 Å². The van der Waals surface area contributed by atoms with E-state index in [1.165, 1.54) is 0 Å². The van der Waals surface area contributed by atoms with Gasteiger partial charge in [0.25, 0.3) is 6.43 Å². The number of aliphatic hydroxyl groups excluding tert-OH is 1. The molecule has 0 aliphatic heterocycles. The van der Waals surface area contributed by atoms with Crippen molar-refractivity contribution < 1.29 is 18.7 Å². The molecule has 3 nitrogen and oxygen atoms in total. The lowest BCUT2D eigenvalue weighted by molar-refractivity contribution is -0.121. The Bertz CT molecular complexity index is 387. The van der Waals surface area contributed by atoms with Crippen LogP contribution in [0.1, 0.15) is 5.56 Å². The van der Waals surface area contributed by atoms with Crippen LogP contribution in [0.2, 0.25) is 0 Å². The summed E-state index contributed by atoms with van der Waals surface area (Å²) in [6.07, 6.45) is -4.57. The summed E-state index contributed by atoms with van der Waals surface area (Å²) in [7, 11) is 0. The molecule has 0 fully saturated rings. The molecule has 0 heterocycles. The summed E-state index contributed by atoms with van der Waals surface area (Å²) in [6.45, 7) is -0.440. The van der Waals surface area contributed by atoms with Crippen LogP contribution in [-0.2, 0) is 11.2 Å². The quantitative estimate of drug-likeness (QED) is 0.870. The number of aliphatic hydroxyl groups is 1. The second-order valence-corrected chi connectivity index (χ2v) is 4.43. The maximum absolute atomic E-state index is 12.0. The summed E-state index contributed by atoms with van der Waals surface area (Å²) >= 11 is 3.26. The Morgan fingerprint density at radius 1 is 1.47 bits per heavy atom. The van der Waals surface area contributed by atoms with Crippen LogP contribution < -0.4 is 5.32 Å². The molecular weight excluding hydrogens is 296 g/mol. The minimum absolute atomic E-state index is 0.0927. The molecule has 1 atom stereocenters. The molecule has 2 N–H and O–H groups in total. The van der Waals surface area contributed by atoms with Crippen molar-refractivity contribution in [1.82, 2.24) is 5.32 Å². The standard InChI is InChI=1S/C11H12BrF2NO2/c12-8-3-1-2-7(4-8)5-10(17)15-6-9(16)11(13)14/h1-4,9,11,16H,5-6H2,(H,15,17). The van der Waals surface area contributed by atoms with Gasteiger partial charge in [0, 0.05) is 11.0 Å². The summed E-state index contributed by atoms with van der Waals surface area (Å²) in [6, 6.07) is 7.12. The predicted molar refractivity (Wildman–Crippen MR) is 62.9 cm³/mol. The van der Waals surface area contributed by atoms with E-state index in [1.807, 2.05) is 6.07 Å². The third kappa shape index (κ3) is 5.23. The third-order valence-electron chi connectivity index (χ3n) is 2.05. The number of nitrogens with one attached hydrogen (secondary N) is 1. The predicted octanol–water partition coefficient (Wildman–Crippen LogP) is 1.73. The molecular formula is C11H12BrF2NO2. The van der Waals surface area contributed by atoms with Crippen molar-refractivity contribution in [2.24, 2.45) is 0 Å². The zero-order chi connectivity index (χ0) is 12.8. The number of alkyl halides is 2. The number of benzene rings is 1. The maximum Gasteiger partial charge on any atom is 0.265 e. The zero-order valence-corrected chi connectivity index (χ0v) is 10.5. The molecule has 1 amide bonds. The summed E-state index contributed by atoms with van der Waals surface area (Å²) in [5, 5.41) is 11.1. The van der Waals surface area contributed by atoms with Crippen molar-refractivity contribution in [3.63, 3.8) is 0 Å². The van der Waals surface area contributed by atoms with Crippen LogP contribution in [0.15, 0.2) is 28.7 Å². The molecule has 0 radical (unpaired) electrons. The number of hydrogen-bond donors (Lipinski definition) is 2. The highest BCUT2D eigenvalue weighted by atomic mass is 79.9. The first-order valence-corrected chi connectivity index (χ1v) is 5.75. The van der Waals surface area contributed by atoms with Gasteiger partial charge in [-0.15, -0.1) is 0 Å². The van der Waals surface area contributed by atoms with E-state index in [0.29, 0.717) is 0 Å². The van der Waals surface area contributed by atoms with E-state index >= 15 is 0 Å². The second-order valence-electron chi connectivity index (χ2n) is 3.51. The smallest absolute Gasteiger partial charge is 0.265 e. The maximum atomic E-state index is 12.0. The molecule has 0 saturated carbocycles. The molecule has 17 heavy (non-hydrogen) atoms. The molecule has 94 valence electrons. The van der Waals surface area contributed by atoms with Crippen molar-refractivity contribution in [3.8, 4) is 0 Å². The van der Waals surface area contributed by atoms with E-state index in [2.05, 4.69) is 21.2 Å². The van der Waals surface area contributed by atoms with Crippen molar-refractivity contribution in [1.29, 1.82) is 0 Å². The Labute approximate surface area is 106 Å². The lowest BCUT2D eigenvalue weighted by Gasteiger charge is -2.10. The molecule has 0 spiro atoms. The minimum atomic E-state index is -2.85. The second kappa shape index (κ2) is 6.66. The summed E-state index contributed by atoms with van der Waals surface area (Å²) in [4.78, 5) is 11.4. The van der Waals surface area contributed by atoms with E-state index in [9.17, 15) is 13.6 Å². The highest BCUT2D eigenvalue weighted by Gasteiger charge is 2.17. The first-order valence-electron chi connectivity index (χ1n) is 4.96. The Morgan fingerprint density at radius 3 is 2.76 bits per heavy atom. The van der Waals surface area contributed by atoms with Crippen molar-refractivity contribution >= 4 is 21.8 Å². The molecule has 1 unspecified atom stereocenters. The minimum Gasteiger partial charge on any atom is -0.385 e. The van der Waals surface area contributed by atoms with Gasteiger partial charge in [0.05, 0.1) is 6.42 Å². The lowest BCUT2D eigenvalue weighted by atomic mass is 10.1. The van der Waals surface area contributed by atoms with Gasteiger partial charge in [-0.1, -0.05) is 28.1 Å². The van der Waals surface area contributed by atoms with Crippen LogP contribution in [0, 0.1) is 0 Å². The van der Waals surface area contributed by atoms with Crippen LogP contribution in [0.4, 0.5) is 8.78 Å². The fourth-order valence-corrected chi connectivity index (χ4v) is 1.65. The molecule has 0 bridgehead atoms. The summed E-state index contributed by atoms with van der Waals surface area (Å²) in [5.74, 6) is -0.400. The van der Waals surface area contributed by atoms with Crippen molar-refractivity contribution in [2.45, 2.75) is 19.0 Å². The van der Waals surface area contributed by atoms with E-state index < -0.39 is 25.0 Å². The van der Waals surface area contributed by atoms with Gasteiger partial charge in [-0.05, 0) is 17.7 Å². The molecule has 0 aliphatic carbocycles. The van der Waals surface area contributed by atoms with Gasteiger partial charge in [-0.3, -0.25) is 4.79 Å². The van der Waals surface area contributed by atoms with Crippen molar-refractivity contribution in [2.75, 3.05) is 6.54 Å². The highest BCUT2D eigenvalue weighted by molar-refractivity contribution is 9.10. The average Bonchev–Trinajstić information content (AvgIpc) is 2.25. The Hall–Kier alpha value is -1.01. The SMILES string of the molecule is O=C(Cc1cccc(Br)c1)NCC(O)C(F)F. The fourth-order valence-electron chi connectivity index (χ4n) is 1.20. The van der Waals surface area contributed by atoms with Gasteiger partial charge in [0.15, 0.2) is 0 Å². The molecule has 0 aliphatic rings. The van der Waals surface area contributed by atoms with Crippen LogP contribution in [0.3, 0.4) is 0 Å². The normalized spacial score (nSPS) is 12.5. The van der Waals surface area contributed by atoms with Gasteiger partial charge in [0.1, 0.15) is 6.10 Å². The van der Waals surface area contributed by atoms with Crippen molar-refractivity contribution in [3.05, 3.63) is 34.3 Å². The van der Waals surface area contributed by atoms with E-state index in [0.717, 1.165) is 10.0 Å². The highest BCUT2D eigenvalue weighted by Crippen LogP contribution is 2.11. The van der Waals surface area contributed by atoms with Gasteiger partial charge < -0.3 is 10.4 Å². The first kappa shape index (κ1) is 14.1. The van der Waals surface area contributed by atoms with Gasteiger partial charge >= 0.3 is 0 Å². The van der Waals surface area contributed by atoms with E-state index in [4.69, 9.17) is 5.11 Å². The first-order chi connectivity index (χ1) is 7.99. The van der Waals surface area contributed by atoms with Crippen LogP contribution in [-0.4, -0.2) is 30.1 Å². The zero-order valence-electron chi connectivity index (χ0n) is 8.87. The number of carbonyl (C=O) groups excluding carboxylic acids is 1. The number of hydrogen-bond acceptors (Lipinski definition) is 2. The van der Waals surface area contributed by atoms with Crippen LogP contribution in [0.5, 0.6) is 0 Å². The molecule has 1 aromatic rings. The summed E-state index contributed by atoms with van der Waals surface area (Å²) < 4.78 is 24.7. The van der Waals surface area contributed by atoms with Gasteiger partial charge in [-0.2, -0.15) is 0 Å². The third-order valence-corrected chi connectivity index (χ3v) is 2.55. The molecule has 6 heteroatoms. The van der Waals surface area contributed by atoms with E-state index in [1.54, 1.807) is 18.2 Å². The number of amides is 1. The number of carbonyl (C=O) groups is 1.